The molecule has 138 valence electrons. The van der Waals surface area contributed by atoms with Gasteiger partial charge in [-0.25, -0.2) is 13.6 Å². The fourth-order valence-corrected chi connectivity index (χ4v) is 2.97. The minimum absolute atomic E-state index is 0.0256. The van der Waals surface area contributed by atoms with Crippen LogP contribution in [0.5, 0.6) is 0 Å². The van der Waals surface area contributed by atoms with Gasteiger partial charge in [-0.15, -0.1) is 0 Å². The first-order chi connectivity index (χ1) is 11.6. The molecule has 2 rings (SSSR count). The maximum absolute atomic E-state index is 14.1. The molecule has 1 aromatic carbocycles. The van der Waals surface area contributed by atoms with Gasteiger partial charge in [0.1, 0.15) is 17.0 Å². The number of amides is 2. The minimum atomic E-state index is -0.924. The van der Waals surface area contributed by atoms with Crippen molar-refractivity contribution in [1.29, 1.82) is 0 Å². The second kappa shape index (κ2) is 7.68. The number of nitrogens with one attached hydrogen (secondary N) is 1. The molecule has 1 atom stereocenters. The third-order valence-electron chi connectivity index (χ3n) is 3.69. The molecule has 1 fully saturated rings. The average molecular weight is 419 g/mol. The van der Waals surface area contributed by atoms with Crippen molar-refractivity contribution in [3.8, 4) is 0 Å². The van der Waals surface area contributed by atoms with Gasteiger partial charge in [0.15, 0.2) is 5.82 Å². The van der Waals surface area contributed by atoms with E-state index in [0.29, 0.717) is 19.4 Å². The van der Waals surface area contributed by atoms with Gasteiger partial charge in [-0.2, -0.15) is 0 Å². The third-order valence-corrected chi connectivity index (χ3v) is 4.30. The summed E-state index contributed by atoms with van der Waals surface area (Å²) in [4.78, 5) is 25.7. The van der Waals surface area contributed by atoms with Crippen LogP contribution >= 0.6 is 15.9 Å². The molecule has 1 N–H and O–H groups in total. The van der Waals surface area contributed by atoms with Gasteiger partial charge in [-0.1, -0.05) is 0 Å². The summed E-state index contributed by atoms with van der Waals surface area (Å²) in [6.45, 7) is 5.80. The minimum Gasteiger partial charge on any atom is -0.444 e. The molecule has 0 aromatic heterocycles. The smallest absolute Gasteiger partial charge is 0.407 e. The Labute approximate surface area is 153 Å². The average Bonchev–Trinajstić information content (AvgIpc) is 2.49. The van der Waals surface area contributed by atoms with E-state index in [4.69, 9.17) is 4.74 Å². The van der Waals surface area contributed by atoms with E-state index in [9.17, 15) is 18.4 Å². The summed E-state index contributed by atoms with van der Waals surface area (Å²) in [5.41, 5.74) is -1.22. The van der Waals surface area contributed by atoms with Gasteiger partial charge in [-0.3, -0.25) is 4.79 Å². The van der Waals surface area contributed by atoms with Crippen LogP contribution in [0.3, 0.4) is 0 Å². The van der Waals surface area contributed by atoms with Gasteiger partial charge >= 0.3 is 6.09 Å². The summed E-state index contributed by atoms with van der Waals surface area (Å²) >= 11 is 2.96. The number of rotatable bonds is 2. The summed E-state index contributed by atoms with van der Waals surface area (Å²) < 4.78 is 33.3. The fourth-order valence-electron chi connectivity index (χ4n) is 2.63. The van der Waals surface area contributed by atoms with Crippen LogP contribution in [0.25, 0.3) is 0 Å². The monoisotopic (exact) mass is 418 g/mol. The first-order valence-corrected chi connectivity index (χ1v) is 8.80. The first kappa shape index (κ1) is 19.6. The molecule has 5 nitrogen and oxygen atoms in total. The SMILES string of the molecule is CC(C)(C)OC(=O)NC1CCCN(C(=O)c2c(F)ccc(Br)c2F)C1. The maximum Gasteiger partial charge on any atom is 0.407 e. The second-order valence-electron chi connectivity index (χ2n) is 6.95. The number of hydrogen-bond acceptors (Lipinski definition) is 3. The molecule has 1 unspecified atom stereocenters. The van der Waals surface area contributed by atoms with Crippen LogP contribution in [-0.4, -0.2) is 41.6 Å². The molecule has 8 heteroatoms. The van der Waals surface area contributed by atoms with Crippen molar-refractivity contribution in [2.24, 2.45) is 0 Å². The fraction of sp³-hybridized carbons (Fsp3) is 0.529. The Morgan fingerprint density at radius 3 is 2.64 bits per heavy atom. The van der Waals surface area contributed by atoms with E-state index in [-0.39, 0.29) is 17.1 Å². The Bertz CT molecular complexity index is 677. The van der Waals surface area contributed by atoms with Crippen LogP contribution in [0.4, 0.5) is 13.6 Å². The lowest BCUT2D eigenvalue weighted by molar-refractivity contribution is 0.0450. The van der Waals surface area contributed by atoms with E-state index < -0.39 is 34.8 Å². The Morgan fingerprint density at radius 1 is 1.32 bits per heavy atom. The molecule has 2 amide bonds. The molecule has 1 aromatic rings. The zero-order chi connectivity index (χ0) is 18.8. The quantitative estimate of drug-likeness (QED) is 0.741. The summed E-state index contributed by atoms with van der Waals surface area (Å²) in [5.74, 6) is -2.56. The Morgan fingerprint density at radius 2 is 2.00 bits per heavy atom. The van der Waals surface area contributed by atoms with Crippen LogP contribution in [0.1, 0.15) is 44.0 Å². The summed E-state index contributed by atoms with van der Waals surface area (Å²) in [6, 6.07) is 1.93. The molecule has 0 radical (unpaired) electrons. The molecule has 0 saturated carbocycles. The number of carbonyl (C=O) groups is 2. The molecule has 0 spiro atoms. The van der Waals surface area contributed by atoms with Crippen molar-refractivity contribution in [3.05, 3.63) is 33.8 Å². The van der Waals surface area contributed by atoms with Crippen LogP contribution in [-0.2, 0) is 4.74 Å². The van der Waals surface area contributed by atoms with Gasteiger partial charge in [0.25, 0.3) is 5.91 Å². The standard InChI is InChI=1S/C17H21BrF2N2O3/c1-17(2,3)25-16(24)21-10-5-4-8-22(9-10)15(23)13-12(19)7-6-11(18)14(13)20/h6-7,10H,4-5,8-9H2,1-3H3,(H,21,24). The molecular weight excluding hydrogens is 398 g/mol. The number of alkyl carbamates (subject to hydrolysis) is 1. The number of piperidine rings is 1. The number of benzene rings is 1. The first-order valence-electron chi connectivity index (χ1n) is 8.01. The van der Waals surface area contributed by atoms with Crippen molar-refractivity contribution in [3.63, 3.8) is 0 Å². The molecule has 0 bridgehead atoms. The normalized spacial score (nSPS) is 18.0. The summed E-state index contributed by atoms with van der Waals surface area (Å²) in [6.07, 6.45) is 0.697. The highest BCUT2D eigenvalue weighted by molar-refractivity contribution is 9.10. The van der Waals surface area contributed by atoms with Crippen molar-refractivity contribution in [1.82, 2.24) is 10.2 Å². The lowest BCUT2D eigenvalue weighted by Gasteiger charge is -2.33. The number of likely N-dealkylation sites (tertiary alicyclic amines) is 1. The highest BCUT2D eigenvalue weighted by Gasteiger charge is 2.30. The zero-order valence-corrected chi connectivity index (χ0v) is 16.0. The van der Waals surface area contributed by atoms with E-state index >= 15 is 0 Å². The van der Waals surface area contributed by atoms with Crippen LogP contribution < -0.4 is 5.32 Å². The van der Waals surface area contributed by atoms with E-state index in [1.807, 2.05) is 0 Å². The van der Waals surface area contributed by atoms with Crippen molar-refractivity contribution in [2.75, 3.05) is 13.1 Å². The van der Waals surface area contributed by atoms with E-state index in [0.717, 1.165) is 6.07 Å². The third kappa shape index (κ3) is 5.14. The number of nitrogens with zero attached hydrogens (tertiary/aromatic N) is 1. The predicted octanol–water partition coefficient (Wildman–Crippen LogP) is 3.86. The van der Waals surface area contributed by atoms with Crippen LogP contribution in [0.15, 0.2) is 16.6 Å². The Balaban J connectivity index is 2.07. The van der Waals surface area contributed by atoms with Gasteiger partial charge < -0.3 is 15.0 Å². The van der Waals surface area contributed by atoms with Gasteiger partial charge in [0, 0.05) is 19.1 Å². The van der Waals surface area contributed by atoms with E-state index in [2.05, 4.69) is 21.2 Å². The van der Waals surface area contributed by atoms with Gasteiger partial charge in [0.05, 0.1) is 4.47 Å². The van der Waals surface area contributed by atoms with Crippen molar-refractivity contribution in [2.45, 2.75) is 45.3 Å². The summed E-state index contributed by atoms with van der Waals surface area (Å²) in [5, 5.41) is 2.70. The van der Waals surface area contributed by atoms with Crippen LogP contribution in [0, 0.1) is 11.6 Å². The Kier molecular flexibility index (Phi) is 6.03. The zero-order valence-electron chi connectivity index (χ0n) is 14.4. The highest BCUT2D eigenvalue weighted by atomic mass is 79.9. The molecule has 1 aliphatic heterocycles. The number of ether oxygens (including phenoxy) is 1. The topological polar surface area (TPSA) is 58.6 Å². The number of hydrogen-bond donors (Lipinski definition) is 1. The predicted molar refractivity (Wildman–Crippen MR) is 92.4 cm³/mol. The number of halogens is 3. The highest BCUT2D eigenvalue weighted by Crippen LogP contribution is 2.24. The molecular formula is C17H21BrF2N2O3. The van der Waals surface area contributed by atoms with E-state index in [1.54, 1.807) is 20.8 Å². The summed E-state index contributed by atoms with van der Waals surface area (Å²) in [7, 11) is 0. The number of carbonyl (C=O) groups excluding carboxylic acids is 2. The molecule has 1 heterocycles. The van der Waals surface area contributed by atoms with Crippen LogP contribution in [0.2, 0.25) is 0 Å². The lowest BCUT2D eigenvalue weighted by Crippen LogP contribution is -2.50. The van der Waals surface area contributed by atoms with E-state index in [1.165, 1.54) is 11.0 Å². The molecule has 1 saturated heterocycles. The van der Waals surface area contributed by atoms with Gasteiger partial charge in [-0.05, 0) is 61.7 Å². The largest absolute Gasteiger partial charge is 0.444 e. The Hall–Kier alpha value is -1.70. The molecule has 0 aliphatic carbocycles. The van der Waals surface area contributed by atoms with Crippen molar-refractivity contribution >= 4 is 27.9 Å². The lowest BCUT2D eigenvalue weighted by atomic mass is 10.0. The molecule has 1 aliphatic rings. The van der Waals surface area contributed by atoms with Crippen molar-refractivity contribution < 1.29 is 23.1 Å². The molecule has 25 heavy (non-hydrogen) atoms. The van der Waals surface area contributed by atoms with Gasteiger partial charge in [0.2, 0.25) is 0 Å². The maximum atomic E-state index is 14.1. The second-order valence-corrected chi connectivity index (χ2v) is 7.81.